The van der Waals surface area contributed by atoms with Crippen LogP contribution in [0.25, 0.3) is 0 Å². The molecule has 0 aromatic rings. The number of aliphatic hydroxyl groups excluding tert-OH is 2. The van der Waals surface area contributed by atoms with Crippen molar-refractivity contribution in [3.05, 3.63) is 0 Å². The van der Waals surface area contributed by atoms with Crippen LogP contribution >= 0.6 is 0 Å². The van der Waals surface area contributed by atoms with E-state index >= 15 is 0 Å². The number of rotatable bonds is 9. The number of ether oxygens (including phenoxy) is 2. The fourth-order valence-electron chi connectivity index (χ4n) is 0.913. The van der Waals surface area contributed by atoms with Crippen molar-refractivity contribution in [2.45, 2.75) is 13.3 Å². The molecule has 0 amide bonds. The Hall–Kier alpha value is -0.160. The SMILES string of the molecule is CCC(COCCO)COCCO. The van der Waals surface area contributed by atoms with Crippen molar-refractivity contribution < 1.29 is 19.7 Å². The molecule has 4 nitrogen and oxygen atoms in total. The van der Waals surface area contributed by atoms with E-state index in [1.165, 1.54) is 0 Å². The summed E-state index contributed by atoms with van der Waals surface area (Å²) < 4.78 is 10.3. The van der Waals surface area contributed by atoms with E-state index in [0.29, 0.717) is 32.3 Å². The maximum atomic E-state index is 8.48. The normalized spacial score (nSPS) is 11.1. The maximum absolute atomic E-state index is 8.48. The predicted octanol–water partition coefficient (Wildman–Crippen LogP) is 0.0304. The summed E-state index contributed by atoms with van der Waals surface area (Å²) in [5, 5.41) is 17.0. The molecule has 0 radical (unpaired) electrons. The Labute approximate surface area is 79.5 Å². The molecular weight excluding hydrogens is 172 g/mol. The lowest BCUT2D eigenvalue weighted by Crippen LogP contribution is -2.17. The van der Waals surface area contributed by atoms with Crippen LogP contribution in [0.2, 0.25) is 0 Å². The third-order valence-electron chi connectivity index (χ3n) is 1.76. The third kappa shape index (κ3) is 8.18. The average Bonchev–Trinajstić information content (AvgIpc) is 2.16. The van der Waals surface area contributed by atoms with Crippen LogP contribution in [-0.2, 0) is 9.47 Å². The van der Waals surface area contributed by atoms with Gasteiger partial charge in [0, 0.05) is 5.92 Å². The summed E-state index contributed by atoms with van der Waals surface area (Å²) in [6, 6.07) is 0. The standard InChI is InChI=1S/C9H20O4/c1-2-9(7-12-5-3-10)8-13-6-4-11/h9-11H,2-8H2,1H3. The lowest BCUT2D eigenvalue weighted by atomic mass is 10.1. The lowest BCUT2D eigenvalue weighted by Gasteiger charge is -2.14. The molecule has 0 unspecified atom stereocenters. The maximum Gasteiger partial charge on any atom is 0.0697 e. The minimum Gasteiger partial charge on any atom is -0.394 e. The summed E-state index contributed by atoms with van der Waals surface area (Å²) in [5.41, 5.74) is 0. The molecule has 0 heterocycles. The van der Waals surface area contributed by atoms with Gasteiger partial charge in [-0.2, -0.15) is 0 Å². The Kier molecular flexibility index (Phi) is 9.80. The van der Waals surface area contributed by atoms with E-state index in [-0.39, 0.29) is 13.2 Å². The molecule has 0 fully saturated rings. The van der Waals surface area contributed by atoms with Crippen molar-refractivity contribution in [3.63, 3.8) is 0 Å². The molecule has 0 atom stereocenters. The van der Waals surface area contributed by atoms with Gasteiger partial charge < -0.3 is 19.7 Å². The van der Waals surface area contributed by atoms with Crippen LogP contribution in [0.1, 0.15) is 13.3 Å². The van der Waals surface area contributed by atoms with Gasteiger partial charge >= 0.3 is 0 Å². The van der Waals surface area contributed by atoms with Crippen molar-refractivity contribution in [3.8, 4) is 0 Å². The van der Waals surface area contributed by atoms with Crippen LogP contribution in [0.5, 0.6) is 0 Å². The molecular formula is C9H20O4. The van der Waals surface area contributed by atoms with E-state index < -0.39 is 0 Å². The second-order valence-electron chi connectivity index (χ2n) is 2.87. The van der Waals surface area contributed by atoms with Crippen LogP contribution in [0.4, 0.5) is 0 Å². The minimum atomic E-state index is 0.0634. The van der Waals surface area contributed by atoms with Crippen LogP contribution in [0.3, 0.4) is 0 Å². The van der Waals surface area contributed by atoms with Gasteiger partial charge in [0.25, 0.3) is 0 Å². The molecule has 0 saturated carbocycles. The van der Waals surface area contributed by atoms with Crippen molar-refractivity contribution >= 4 is 0 Å². The smallest absolute Gasteiger partial charge is 0.0697 e. The summed E-state index contributed by atoms with van der Waals surface area (Å²) in [6.07, 6.45) is 0.983. The van der Waals surface area contributed by atoms with Crippen molar-refractivity contribution in [1.82, 2.24) is 0 Å². The van der Waals surface area contributed by atoms with Gasteiger partial charge in [-0.25, -0.2) is 0 Å². The molecule has 0 aromatic carbocycles. The number of hydrogen-bond acceptors (Lipinski definition) is 4. The predicted molar refractivity (Wildman–Crippen MR) is 49.6 cm³/mol. The third-order valence-corrected chi connectivity index (χ3v) is 1.76. The van der Waals surface area contributed by atoms with Gasteiger partial charge in [0.15, 0.2) is 0 Å². The Morgan fingerprint density at radius 1 is 1.00 bits per heavy atom. The van der Waals surface area contributed by atoms with Gasteiger partial charge in [0.1, 0.15) is 0 Å². The molecule has 0 aliphatic rings. The van der Waals surface area contributed by atoms with Crippen LogP contribution in [0, 0.1) is 5.92 Å². The largest absolute Gasteiger partial charge is 0.394 e. The van der Waals surface area contributed by atoms with E-state index in [1.54, 1.807) is 0 Å². The Bertz CT molecular complexity index is 87.6. The first-order valence-corrected chi connectivity index (χ1v) is 4.72. The summed E-state index contributed by atoms with van der Waals surface area (Å²) in [5.74, 6) is 0.359. The van der Waals surface area contributed by atoms with Gasteiger partial charge in [-0.1, -0.05) is 6.92 Å². The highest BCUT2D eigenvalue weighted by Crippen LogP contribution is 2.03. The molecule has 0 aliphatic carbocycles. The monoisotopic (exact) mass is 192 g/mol. The lowest BCUT2D eigenvalue weighted by molar-refractivity contribution is 0.0164. The molecule has 0 bridgehead atoms. The van der Waals surface area contributed by atoms with Gasteiger partial charge in [0.05, 0.1) is 39.6 Å². The van der Waals surface area contributed by atoms with E-state index in [0.717, 1.165) is 6.42 Å². The van der Waals surface area contributed by atoms with Gasteiger partial charge in [-0.15, -0.1) is 0 Å². The summed E-state index contributed by atoms with van der Waals surface area (Å²) >= 11 is 0. The fraction of sp³-hybridized carbons (Fsp3) is 1.00. The zero-order valence-electron chi connectivity index (χ0n) is 8.24. The van der Waals surface area contributed by atoms with E-state index in [2.05, 4.69) is 6.92 Å². The summed E-state index contributed by atoms with van der Waals surface area (Å²) in [7, 11) is 0. The van der Waals surface area contributed by atoms with Gasteiger partial charge in [-0.3, -0.25) is 0 Å². The molecule has 0 aromatic heterocycles. The average molecular weight is 192 g/mol. The Balaban J connectivity index is 3.28. The van der Waals surface area contributed by atoms with E-state index in [9.17, 15) is 0 Å². The van der Waals surface area contributed by atoms with Crippen molar-refractivity contribution in [2.24, 2.45) is 5.92 Å². The highest BCUT2D eigenvalue weighted by Gasteiger charge is 2.05. The highest BCUT2D eigenvalue weighted by atomic mass is 16.5. The molecule has 0 spiro atoms. The summed E-state index contributed by atoms with van der Waals surface area (Å²) in [4.78, 5) is 0. The first kappa shape index (κ1) is 12.8. The molecule has 0 rings (SSSR count). The van der Waals surface area contributed by atoms with Gasteiger partial charge in [-0.05, 0) is 6.42 Å². The van der Waals surface area contributed by atoms with E-state index in [4.69, 9.17) is 19.7 Å². The molecule has 0 aliphatic heterocycles. The van der Waals surface area contributed by atoms with Crippen LogP contribution in [0.15, 0.2) is 0 Å². The zero-order chi connectivity index (χ0) is 9.94. The molecule has 4 heteroatoms. The number of aliphatic hydroxyl groups is 2. The van der Waals surface area contributed by atoms with Crippen molar-refractivity contribution in [2.75, 3.05) is 39.6 Å². The van der Waals surface area contributed by atoms with Crippen LogP contribution < -0.4 is 0 Å². The second kappa shape index (κ2) is 9.92. The number of hydrogen-bond donors (Lipinski definition) is 2. The quantitative estimate of drug-likeness (QED) is 0.506. The topological polar surface area (TPSA) is 58.9 Å². The highest BCUT2D eigenvalue weighted by molar-refractivity contribution is 4.54. The van der Waals surface area contributed by atoms with Crippen molar-refractivity contribution in [1.29, 1.82) is 0 Å². The Morgan fingerprint density at radius 2 is 1.46 bits per heavy atom. The molecule has 80 valence electrons. The fourth-order valence-corrected chi connectivity index (χ4v) is 0.913. The van der Waals surface area contributed by atoms with E-state index in [1.807, 2.05) is 0 Å². The first-order valence-electron chi connectivity index (χ1n) is 4.72. The molecule has 13 heavy (non-hydrogen) atoms. The molecule has 0 saturated heterocycles. The minimum absolute atomic E-state index is 0.0634. The molecule has 2 N–H and O–H groups in total. The zero-order valence-corrected chi connectivity index (χ0v) is 8.24. The first-order chi connectivity index (χ1) is 6.35. The van der Waals surface area contributed by atoms with Gasteiger partial charge in [0.2, 0.25) is 0 Å². The Morgan fingerprint density at radius 3 is 1.77 bits per heavy atom. The van der Waals surface area contributed by atoms with Crippen LogP contribution in [-0.4, -0.2) is 49.9 Å². The second-order valence-corrected chi connectivity index (χ2v) is 2.87. The summed E-state index contributed by atoms with van der Waals surface area (Å²) in [6.45, 7) is 4.19.